The molecule has 1 aromatic carbocycles. The number of fused-ring (bicyclic) bond motifs is 2. The Morgan fingerprint density at radius 2 is 2.10 bits per heavy atom. The molecule has 0 aliphatic carbocycles. The highest BCUT2D eigenvalue weighted by Crippen LogP contribution is 2.32. The molecule has 30 heavy (non-hydrogen) atoms. The van der Waals surface area contributed by atoms with Crippen LogP contribution in [0.5, 0.6) is 5.88 Å². The lowest BCUT2D eigenvalue weighted by Crippen LogP contribution is -2.65. The van der Waals surface area contributed by atoms with Crippen LogP contribution in [0.4, 0.5) is 0 Å². The average molecular weight is 472 g/mol. The highest BCUT2D eigenvalue weighted by atomic mass is 79.9. The first kappa shape index (κ1) is 19.5. The van der Waals surface area contributed by atoms with Crippen molar-refractivity contribution in [1.29, 1.82) is 0 Å². The van der Waals surface area contributed by atoms with Gasteiger partial charge in [0.15, 0.2) is 0 Å². The minimum atomic E-state index is -0.659. The molecule has 0 radical (unpaired) electrons. The molecule has 9 heteroatoms. The third-order valence-electron chi connectivity index (χ3n) is 6.18. The second-order valence-electron chi connectivity index (χ2n) is 7.90. The number of ether oxygens (including phenoxy) is 1. The molecule has 2 aromatic heterocycles. The number of hydrogen-bond donors (Lipinski definition) is 2. The van der Waals surface area contributed by atoms with Crippen molar-refractivity contribution in [3.05, 3.63) is 58.0 Å². The Balaban J connectivity index is 1.35. The summed E-state index contributed by atoms with van der Waals surface area (Å²) in [6, 6.07) is 8.31. The molecule has 4 heterocycles. The SMILES string of the molecule is COc1nc2nc(C(=O)N3CCC4(Cc5ccccc5CN4)C(O)C3)cn2cc1Br. The van der Waals surface area contributed by atoms with Crippen molar-refractivity contribution in [3.8, 4) is 5.88 Å². The van der Waals surface area contributed by atoms with Gasteiger partial charge in [0.1, 0.15) is 5.69 Å². The highest BCUT2D eigenvalue weighted by molar-refractivity contribution is 9.10. The Kier molecular flexibility index (Phi) is 4.76. The zero-order valence-corrected chi connectivity index (χ0v) is 18.1. The van der Waals surface area contributed by atoms with E-state index in [9.17, 15) is 9.90 Å². The number of carbonyl (C=O) groups excluding carboxylic acids is 1. The van der Waals surface area contributed by atoms with Crippen LogP contribution in [-0.2, 0) is 13.0 Å². The van der Waals surface area contributed by atoms with Gasteiger partial charge in [-0.3, -0.25) is 9.20 Å². The van der Waals surface area contributed by atoms with E-state index >= 15 is 0 Å². The Morgan fingerprint density at radius 1 is 1.30 bits per heavy atom. The van der Waals surface area contributed by atoms with E-state index in [0.29, 0.717) is 34.8 Å². The molecule has 0 bridgehead atoms. The molecule has 2 aliphatic heterocycles. The summed E-state index contributed by atoms with van der Waals surface area (Å²) in [6.45, 7) is 1.55. The maximum Gasteiger partial charge on any atom is 0.274 e. The molecule has 1 amide bonds. The summed E-state index contributed by atoms with van der Waals surface area (Å²) in [7, 11) is 1.53. The number of carbonyl (C=O) groups is 1. The standard InChI is InChI=1S/C21H22BrN5O3/c1-30-18-15(22)10-27-11-16(24-20(27)25-18)19(29)26-7-6-21(17(28)12-26)8-13-4-2-3-5-14(13)9-23-21/h2-5,10-11,17,23,28H,6-9,12H2,1H3. The number of aliphatic hydroxyl groups excluding tert-OH is 1. The number of β-amino-alcohol motifs (C(OH)–C–C–N with tert-alkyl or cyclic N) is 1. The number of halogens is 1. The van der Waals surface area contributed by atoms with E-state index in [1.165, 1.54) is 18.2 Å². The molecular weight excluding hydrogens is 450 g/mol. The second-order valence-corrected chi connectivity index (χ2v) is 8.76. The number of imidazole rings is 1. The largest absolute Gasteiger partial charge is 0.480 e. The molecular formula is C21H22BrN5O3. The van der Waals surface area contributed by atoms with Gasteiger partial charge in [0, 0.05) is 32.0 Å². The Hall–Kier alpha value is -2.49. The van der Waals surface area contributed by atoms with Crippen LogP contribution in [0.2, 0.25) is 0 Å². The summed E-state index contributed by atoms with van der Waals surface area (Å²) in [5.74, 6) is 0.588. The smallest absolute Gasteiger partial charge is 0.274 e. The number of aromatic nitrogens is 3. The van der Waals surface area contributed by atoms with Crippen LogP contribution >= 0.6 is 15.9 Å². The number of amides is 1. The summed E-state index contributed by atoms with van der Waals surface area (Å²) in [5.41, 5.74) is 2.44. The van der Waals surface area contributed by atoms with Gasteiger partial charge in [0.05, 0.1) is 23.2 Å². The topological polar surface area (TPSA) is 92.0 Å². The van der Waals surface area contributed by atoms with Gasteiger partial charge in [0.25, 0.3) is 5.91 Å². The first-order valence-electron chi connectivity index (χ1n) is 9.87. The Labute approximate surface area is 182 Å². The number of benzene rings is 1. The fraction of sp³-hybridized carbons (Fsp3) is 0.381. The van der Waals surface area contributed by atoms with Crippen LogP contribution in [0.3, 0.4) is 0 Å². The normalized spacial score (nSPS) is 23.6. The molecule has 3 aromatic rings. The van der Waals surface area contributed by atoms with Crippen LogP contribution in [0, 0.1) is 0 Å². The first-order chi connectivity index (χ1) is 14.5. The second kappa shape index (κ2) is 7.33. The molecule has 8 nitrogen and oxygen atoms in total. The summed E-state index contributed by atoms with van der Waals surface area (Å²) in [5, 5.41) is 14.5. The number of likely N-dealkylation sites (tertiary alicyclic amines) is 1. The predicted molar refractivity (Wildman–Crippen MR) is 113 cm³/mol. The van der Waals surface area contributed by atoms with E-state index in [1.54, 1.807) is 21.7 Å². The van der Waals surface area contributed by atoms with Gasteiger partial charge in [-0.1, -0.05) is 24.3 Å². The number of aliphatic hydroxyl groups is 1. The molecule has 1 fully saturated rings. The van der Waals surface area contributed by atoms with E-state index in [0.717, 1.165) is 13.0 Å². The summed E-state index contributed by atoms with van der Waals surface area (Å²) < 4.78 is 7.55. The Bertz CT molecular complexity index is 1130. The van der Waals surface area contributed by atoms with Crippen molar-refractivity contribution in [2.24, 2.45) is 0 Å². The molecule has 2 aliphatic rings. The third kappa shape index (κ3) is 3.17. The number of methoxy groups -OCH3 is 1. The molecule has 5 rings (SSSR count). The molecule has 0 saturated carbocycles. The van der Waals surface area contributed by atoms with Crippen molar-refractivity contribution >= 4 is 27.6 Å². The first-order valence-corrected chi connectivity index (χ1v) is 10.7. The minimum Gasteiger partial charge on any atom is -0.480 e. The monoisotopic (exact) mass is 471 g/mol. The predicted octanol–water partition coefficient (Wildman–Crippen LogP) is 1.79. The van der Waals surface area contributed by atoms with E-state index in [4.69, 9.17) is 4.74 Å². The highest BCUT2D eigenvalue weighted by Gasteiger charge is 2.45. The van der Waals surface area contributed by atoms with Gasteiger partial charge >= 0.3 is 0 Å². The van der Waals surface area contributed by atoms with Crippen LogP contribution in [0.15, 0.2) is 41.1 Å². The van der Waals surface area contributed by atoms with E-state index in [-0.39, 0.29) is 12.5 Å². The number of nitrogens with zero attached hydrogens (tertiary/aromatic N) is 4. The van der Waals surface area contributed by atoms with Gasteiger partial charge in [-0.2, -0.15) is 4.98 Å². The maximum atomic E-state index is 13.1. The van der Waals surface area contributed by atoms with Gasteiger partial charge in [-0.05, 0) is 39.9 Å². The zero-order chi connectivity index (χ0) is 20.9. The van der Waals surface area contributed by atoms with E-state index in [2.05, 4.69) is 43.3 Å². The molecule has 156 valence electrons. The van der Waals surface area contributed by atoms with Crippen molar-refractivity contribution in [3.63, 3.8) is 0 Å². The third-order valence-corrected chi connectivity index (χ3v) is 6.73. The van der Waals surface area contributed by atoms with Crippen molar-refractivity contribution in [2.45, 2.75) is 31.0 Å². The van der Waals surface area contributed by atoms with Crippen LogP contribution in [0.25, 0.3) is 5.78 Å². The van der Waals surface area contributed by atoms with Gasteiger partial charge < -0.3 is 20.1 Å². The minimum absolute atomic E-state index is 0.208. The van der Waals surface area contributed by atoms with Gasteiger partial charge in [0.2, 0.25) is 11.7 Å². The van der Waals surface area contributed by atoms with E-state index in [1.807, 2.05) is 12.1 Å². The lowest BCUT2D eigenvalue weighted by Gasteiger charge is -2.48. The summed E-state index contributed by atoms with van der Waals surface area (Å²) in [4.78, 5) is 23.4. The van der Waals surface area contributed by atoms with Crippen molar-refractivity contribution < 1.29 is 14.6 Å². The molecule has 1 saturated heterocycles. The van der Waals surface area contributed by atoms with Crippen LogP contribution < -0.4 is 10.1 Å². The summed E-state index contributed by atoms with van der Waals surface area (Å²) in [6.07, 6.45) is 4.19. The van der Waals surface area contributed by atoms with Gasteiger partial charge in [-0.25, -0.2) is 4.98 Å². The molecule has 2 atom stereocenters. The van der Waals surface area contributed by atoms with Crippen molar-refractivity contribution in [2.75, 3.05) is 20.2 Å². The lowest BCUT2D eigenvalue weighted by atomic mass is 9.76. The van der Waals surface area contributed by atoms with Gasteiger partial charge in [-0.15, -0.1) is 0 Å². The number of piperidine rings is 1. The number of rotatable bonds is 2. The molecule has 2 unspecified atom stereocenters. The molecule has 2 N–H and O–H groups in total. The maximum absolute atomic E-state index is 13.1. The summed E-state index contributed by atoms with van der Waals surface area (Å²) >= 11 is 3.39. The molecule has 1 spiro atoms. The quantitative estimate of drug-likeness (QED) is 0.591. The number of nitrogens with one attached hydrogen (secondary N) is 1. The zero-order valence-electron chi connectivity index (χ0n) is 16.5. The fourth-order valence-electron chi connectivity index (χ4n) is 4.44. The van der Waals surface area contributed by atoms with Crippen LogP contribution in [-0.4, -0.2) is 62.1 Å². The van der Waals surface area contributed by atoms with E-state index < -0.39 is 11.6 Å². The van der Waals surface area contributed by atoms with Crippen molar-refractivity contribution in [1.82, 2.24) is 24.6 Å². The number of hydrogen-bond acceptors (Lipinski definition) is 6. The average Bonchev–Trinajstić information content (AvgIpc) is 3.17. The van der Waals surface area contributed by atoms with Crippen LogP contribution in [0.1, 0.15) is 28.0 Å². The fourth-order valence-corrected chi connectivity index (χ4v) is 4.91. The Morgan fingerprint density at radius 3 is 2.87 bits per heavy atom. The lowest BCUT2D eigenvalue weighted by molar-refractivity contribution is -0.0140.